The molecule has 8 nitrogen and oxygen atoms in total. The Hall–Kier alpha value is -5.42. The van der Waals surface area contributed by atoms with Crippen molar-refractivity contribution in [2.45, 2.75) is 25.6 Å². The highest BCUT2D eigenvalue weighted by Gasteiger charge is 2.39. The van der Waals surface area contributed by atoms with Gasteiger partial charge in [-0.25, -0.2) is 14.4 Å². The molecule has 12 heteroatoms. The molecule has 0 spiro atoms. The maximum absolute atomic E-state index is 14.1. The van der Waals surface area contributed by atoms with E-state index in [1.807, 2.05) is 103 Å². The molecule has 1 unspecified atom stereocenters. The number of nitrogens with zero attached hydrogens (tertiary/aromatic N) is 3. The second-order valence-electron chi connectivity index (χ2n) is 13.7. The van der Waals surface area contributed by atoms with Crippen LogP contribution in [0.1, 0.15) is 27.8 Å². The summed E-state index contributed by atoms with van der Waals surface area (Å²) >= 11 is 21.3. The second-order valence-corrected chi connectivity index (χ2v) is 14.8. The lowest BCUT2D eigenvalue weighted by molar-refractivity contribution is -0.0523. The van der Waals surface area contributed by atoms with Crippen LogP contribution in [0.5, 0.6) is 17.2 Å². The van der Waals surface area contributed by atoms with E-state index in [1.165, 1.54) is 18.5 Å². The summed E-state index contributed by atoms with van der Waals surface area (Å²) in [6, 6.07) is 33.6. The van der Waals surface area contributed by atoms with Crippen molar-refractivity contribution < 1.29 is 28.1 Å². The van der Waals surface area contributed by atoms with Crippen molar-refractivity contribution in [2.75, 3.05) is 34.0 Å². The number of aromatic nitrogens is 3. The molecule has 7 aromatic rings. The van der Waals surface area contributed by atoms with E-state index in [2.05, 4.69) is 16.5 Å². The first kappa shape index (κ1) is 41.7. The summed E-state index contributed by atoms with van der Waals surface area (Å²) in [7, 11) is 3.26. The van der Waals surface area contributed by atoms with Gasteiger partial charge in [0.15, 0.2) is 10.9 Å². The van der Waals surface area contributed by atoms with Crippen LogP contribution in [0.4, 0.5) is 4.39 Å². The predicted molar refractivity (Wildman–Crippen MR) is 232 cm³/mol. The van der Waals surface area contributed by atoms with Crippen LogP contribution in [0.2, 0.25) is 15.2 Å². The average Bonchev–Trinajstić information content (AvgIpc) is 3.65. The van der Waals surface area contributed by atoms with Gasteiger partial charge in [-0.1, -0.05) is 95.5 Å². The van der Waals surface area contributed by atoms with E-state index < -0.39 is 11.7 Å². The minimum absolute atomic E-state index is 0.0283. The van der Waals surface area contributed by atoms with Gasteiger partial charge in [0, 0.05) is 0 Å². The zero-order chi connectivity index (χ0) is 41.7. The maximum atomic E-state index is 14.1. The third-order valence-corrected chi connectivity index (χ3v) is 11.3. The van der Waals surface area contributed by atoms with E-state index >= 15 is 0 Å². The number of hydrogen-bond donors (Lipinski definition) is 0. The first-order valence-electron chi connectivity index (χ1n) is 18.7. The van der Waals surface area contributed by atoms with Gasteiger partial charge in [-0.2, -0.15) is 0 Å². The molecule has 302 valence electrons. The molecule has 2 heterocycles. The van der Waals surface area contributed by atoms with Crippen LogP contribution >= 0.6 is 34.8 Å². The third kappa shape index (κ3) is 8.26. The predicted octanol–water partition coefficient (Wildman–Crippen LogP) is 11.8. The lowest BCUT2D eigenvalue weighted by atomic mass is 9.80. The first-order chi connectivity index (χ1) is 28.6. The Bertz CT molecular complexity index is 2490. The number of benzene rings is 5. The molecule has 2 aromatic heterocycles. The number of ether oxygens (including phenoxy) is 5. The summed E-state index contributed by atoms with van der Waals surface area (Å²) in [5, 5.41) is 0.759. The summed E-state index contributed by atoms with van der Waals surface area (Å²) < 4.78 is 47.0. The number of methoxy groups -OCH3 is 2. The van der Waals surface area contributed by atoms with Crippen LogP contribution < -0.4 is 14.2 Å². The molecule has 0 radical (unpaired) electrons. The molecule has 0 fully saturated rings. The fraction of sp³-hybridized carbons (Fsp3) is 0.191. The van der Waals surface area contributed by atoms with E-state index in [4.69, 9.17) is 58.5 Å². The minimum atomic E-state index is -1.13. The lowest BCUT2D eigenvalue weighted by Gasteiger charge is -2.37. The van der Waals surface area contributed by atoms with Gasteiger partial charge in [0.2, 0.25) is 0 Å². The number of rotatable bonds is 16. The number of hydrogen-bond acceptors (Lipinski definition) is 7. The standard InChI is InChI=1S/C47H41Cl3FN3O5/c1-6-24-57-26-38(27-58-47(32-10-8-7-9-11-32,33-14-20-36(55-4)21-15-33)34-16-22-37(56-5)23-17-34)59-45-41(48)29(2)43(30(3)42(45)49)54-40(31-12-18-35(51)19-13-31)25-39-44(54)46(50)53-28-52-39/h6-23,25,28,38H,1,24,26-27H2,2-5H3. The van der Waals surface area contributed by atoms with Crippen LogP contribution in [0.3, 0.4) is 0 Å². The van der Waals surface area contributed by atoms with Crippen molar-refractivity contribution in [1.29, 1.82) is 0 Å². The fourth-order valence-corrected chi connectivity index (χ4v) is 8.02. The van der Waals surface area contributed by atoms with Gasteiger partial charge in [0.25, 0.3) is 0 Å². The normalized spacial score (nSPS) is 12.1. The van der Waals surface area contributed by atoms with Gasteiger partial charge in [-0.3, -0.25) is 0 Å². The van der Waals surface area contributed by atoms with Crippen molar-refractivity contribution in [2.24, 2.45) is 0 Å². The Balaban J connectivity index is 1.33. The molecule has 0 aliphatic heterocycles. The topological polar surface area (TPSA) is 76.9 Å². The molecule has 7 rings (SSSR count). The van der Waals surface area contributed by atoms with Crippen LogP contribution in [0.15, 0.2) is 128 Å². The maximum Gasteiger partial charge on any atom is 0.157 e. The Kier molecular flexibility index (Phi) is 12.9. The molecule has 0 aliphatic carbocycles. The molecule has 1 atom stereocenters. The second kappa shape index (κ2) is 18.2. The zero-order valence-electron chi connectivity index (χ0n) is 32.8. The number of fused-ring (bicyclic) bond motifs is 1. The largest absolute Gasteiger partial charge is 0.497 e. The molecule has 0 saturated carbocycles. The van der Waals surface area contributed by atoms with Gasteiger partial charge in [-0.05, 0) is 102 Å². The molecule has 59 heavy (non-hydrogen) atoms. The highest BCUT2D eigenvalue weighted by molar-refractivity contribution is 6.39. The van der Waals surface area contributed by atoms with Gasteiger partial charge in [-0.15, -0.1) is 6.58 Å². The Morgan fingerprint density at radius 2 is 1.34 bits per heavy atom. The molecular formula is C47H41Cl3FN3O5. The van der Waals surface area contributed by atoms with E-state index in [9.17, 15) is 4.39 Å². The molecule has 5 aromatic carbocycles. The quantitative estimate of drug-likeness (QED) is 0.0415. The molecule has 0 bridgehead atoms. The SMILES string of the molecule is C=CCOCC(COC(c1ccccc1)(c1ccc(OC)cc1)c1ccc(OC)cc1)Oc1c(Cl)c(C)c(-n2c(-c3ccc(F)cc3)cc3ncnc(Cl)c32)c(C)c1Cl. The van der Waals surface area contributed by atoms with Crippen LogP contribution in [-0.4, -0.2) is 54.7 Å². The van der Waals surface area contributed by atoms with Crippen molar-refractivity contribution in [1.82, 2.24) is 14.5 Å². The smallest absolute Gasteiger partial charge is 0.157 e. The van der Waals surface area contributed by atoms with Crippen molar-refractivity contribution >= 4 is 45.8 Å². The molecule has 0 aliphatic rings. The third-order valence-electron chi connectivity index (χ3n) is 10.2. The van der Waals surface area contributed by atoms with Crippen LogP contribution in [-0.2, 0) is 15.1 Å². The summed E-state index contributed by atoms with van der Waals surface area (Å²) in [5.74, 6) is 1.30. The van der Waals surface area contributed by atoms with Gasteiger partial charge >= 0.3 is 0 Å². The Morgan fingerprint density at radius 1 is 0.763 bits per heavy atom. The van der Waals surface area contributed by atoms with Crippen molar-refractivity contribution in [3.8, 4) is 34.2 Å². The lowest BCUT2D eigenvalue weighted by Crippen LogP contribution is -2.38. The first-order valence-corrected chi connectivity index (χ1v) is 19.8. The summed E-state index contributed by atoms with van der Waals surface area (Å²) in [4.78, 5) is 8.75. The molecule has 0 saturated heterocycles. The van der Waals surface area contributed by atoms with Crippen LogP contribution in [0.25, 0.3) is 28.0 Å². The van der Waals surface area contributed by atoms with Crippen LogP contribution in [0, 0.1) is 19.7 Å². The number of halogens is 4. The van der Waals surface area contributed by atoms with Gasteiger partial charge < -0.3 is 28.3 Å². The van der Waals surface area contributed by atoms with Crippen molar-refractivity contribution in [3.05, 3.63) is 177 Å². The highest BCUT2D eigenvalue weighted by Crippen LogP contribution is 2.47. The summed E-state index contributed by atoms with van der Waals surface area (Å²) in [6.45, 7) is 7.98. The monoisotopic (exact) mass is 851 g/mol. The van der Waals surface area contributed by atoms with Gasteiger partial charge in [0.05, 0.1) is 61.0 Å². The van der Waals surface area contributed by atoms with E-state index in [-0.39, 0.29) is 46.6 Å². The molecular weight excluding hydrogens is 812 g/mol. The zero-order valence-corrected chi connectivity index (χ0v) is 35.1. The average molecular weight is 853 g/mol. The van der Waals surface area contributed by atoms with Crippen molar-refractivity contribution in [3.63, 3.8) is 0 Å². The van der Waals surface area contributed by atoms with E-state index in [0.717, 1.165) is 22.3 Å². The summed E-state index contributed by atoms with van der Waals surface area (Å²) in [5.41, 5.74) is 5.93. The van der Waals surface area contributed by atoms with Gasteiger partial charge in [0.1, 0.15) is 40.9 Å². The van der Waals surface area contributed by atoms with E-state index in [0.29, 0.717) is 45.0 Å². The Morgan fingerprint density at radius 3 is 1.90 bits per heavy atom. The highest BCUT2D eigenvalue weighted by atomic mass is 35.5. The molecule has 0 amide bonds. The fourth-order valence-electron chi connectivity index (χ4n) is 7.28. The Labute approximate surface area is 357 Å². The summed E-state index contributed by atoms with van der Waals surface area (Å²) in [6.07, 6.45) is 2.34. The molecule has 0 N–H and O–H groups in total. The van der Waals surface area contributed by atoms with E-state index in [1.54, 1.807) is 32.4 Å². The minimum Gasteiger partial charge on any atom is -0.497 e.